The van der Waals surface area contributed by atoms with Crippen LogP contribution in [0.5, 0.6) is 17.2 Å². The molecule has 0 heterocycles. The van der Waals surface area contributed by atoms with Gasteiger partial charge in [-0.1, -0.05) is 24.3 Å². The fourth-order valence-electron chi connectivity index (χ4n) is 2.07. The van der Waals surface area contributed by atoms with Gasteiger partial charge in [-0.3, -0.25) is 4.79 Å². The average Bonchev–Trinajstić information content (AvgIpc) is 2.60. The summed E-state index contributed by atoms with van der Waals surface area (Å²) in [7, 11) is 1.38. The summed E-state index contributed by atoms with van der Waals surface area (Å²) >= 11 is 0. The molecule has 0 radical (unpaired) electrons. The number of benzene rings is 2. The van der Waals surface area contributed by atoms with Gasteiger partial charge in [-0.2, -0.15) is 0 Å². The van der Waals surface area contributed by atoms with Crippen molar-refractivity contribution in [3.8, 4) is 17.2 Å². The van der Waals surface area contributed by atoms with Gasteiger partial charge >= 0.3 is 41.5 Å². The number of carboxylic acid groups (broad SMARTS) is 1. The van der Waals surface area contributed by atoms with E-state index >= 15 is 0 Å². The number of carbonyl (C=O) groups is 3. The number of ether oxygens (including phenoxy) is 3. The predicted molar refractivity (Wildman–Crippen MR) is 89.7 cm³/mol. The Morgan fingerprint density at radius 2 is 1.67 bits per heavy atom. The molecule has 0 aliphatic rings. The molecule has 0 unspecified atom stereocenters. The van der Waals surface area contributed by atoms with Crippen LogP contribution in [0.4, 0.5) is 0 Å². The van der Waals surface area contributed by atoms with E-state index in [0.717, 1.165) is 6.08 Å². The number of carboxylic acids is 1. The van der Waals surface area contributed by atoms with Crippen LogP contribution in [-0.2, 0) is 9.59 Å². The maximum absolute atomic E-state index is 12.4. The summed E-state index contributed by atoms with van der Waals surface area (Å²) in [5, 5.41) is 10.5. The van der Waals surface area contributed by atoms with E-state index in [4.69, 9.17) is 14.2 Å². The Labute approximate surface area is 177 Å². The Morgan fingerprint density at radius 3 is 2.30 bits per heavy atom. The quantitative estimate of drug-likeness (QED) is 0.264. The smallest absolute Gasteiger partial charge is 0.545 e. The molecule has 134 valence electrons. The van der Waals surface area contributed by atoms with Crippen molar-refractivity contribution in [2.24, 2.45) is 0 Å². The van der Waals surface area contributed by atoms with Gasteiger partial charge in [0.05, 0.1) is 13.1 Å². The van der Waals surface area contributed by atoms with Gasteiger partial charge in [0.15, 0.2) is 11.5 Å². The van der Waals surface area contributed by atoms with E-state index in [1.54, 1.807) is 18.2 Å². The van der Waals surface area contributed by atoms with E-state index in [0.29, 0.717) is 5.56 Å². The third-order valence-electron chi connectivity index (χ3n) is 3.16. The molecule has 0 aliphatic heterocycles. The Morgan fingerprint density at radius 1 is 0.963 bits per heavy atom. The molecule has 0 fully saturated rings. The summed E-state index contributed by atoms with van der Waals surface area (Å²) in [6, 6.07) is 10.7. The maximum Gasteiger partial charge on any atom is 1.00 e. The Kier molecular flexibility index (Phi) is 8.74. The Hall–Kier alpha value is -2.61. The minimum absolute atomic E-state index is 0. The summed E-state index contributed by atoms with van der Waals surface area (Å²) in [6.45, 7) is 1.23. The first-order valence-electron chi connectivity index (χ1n) is 7.47. The predicted octanol–water partition coefficient (Wildman–Crippen LogP) is -1.39. The molecule has 7 nitrogen and oxygen atoms in total. The number of esters is 2. The second-order valence-electron chi connectivity index (χ2n) is 5.04. The monoisotopic (exact) mass is 378 g/mol. The van der Waals surface area contributed by atoms with Gasteiger partial charge in [0.2, 0.25) is 0 Å². The SMILES string of the molecule is COc1cc(C=CC(=O)[O-])ccc1OC(=O)c1ccccc1OC(C)=O.[Na+]. The number of rotatable bonds is 6. The Bertz CT molecular complexity index is 874. The third kappa shape index (κ3) is 6.56. The normalized spacial score (nSPS) is 10.0. The van der Waals surface area contributed by atoms with E-state index in [1.165, 1.54) is 44.4 Å². The van der Waals surface area contributed by atoms with Crippen LogP contribution in [0.1, 0.15) is 22.8 Å². The van der Waals surface area contributed by atoms with E-state index < -0.39 is 17.9 Å². The zero-order valence-corrected chi connectivity index (χ0v) is 17.1. The van der Waals surface area contributed by atoms with Gasteiger partial charge in [0.25, 0.3) is 0 Å². The van der Waals surface area contributed by atoms with E-state index in [1.807, 2.05) is 0 Å². The largest absolute Gasteiger partial charge is 1.00 e. The van der Waals surface area contributed by atoms with E-state index in [9.17, 15) is 19.5 Å². The fourth-order valence-corrected chi connectivity index (χ4v) is 2.07. The molecule has 0 amide bonds. The standard InChI is InChI=1S/C19H16O7.Na/c1-12(20)25-15-6-4-3-5-14(15)19(23)26-16-9-7-13(8-10-18(21)22)11-17(16)24-2;/h3-11H,1-2H3,(H,21,22);/q;+1/p-1. The van der Waals surface area contributed by atoms with Crippen molar-refractivity contribution >= 4 is 24.0 Å². The summed E-state index contributed by atoms with van der Waals surface area (Å²) in [5.41, 5.74) is 0.594. The van der Waals surface area contributed by atoms with Crippen LogP contribution in [0, 0.1) is 0 Å². The zero-order valence-electron chi connectivity index (χ0n) is 15.1. The number of hydrogen-bond acceptors (Lipinski definition) is 7. The summed E-state index contributed by atoms with van der Waals surface area (Å²) < 4.78 is 15.5. The van der Waals surface area contributed by atoms with Crippen LogP contribution in [0.2, 0.25) is 0 Å². The zero-order chi connectivity index (χ0) is 19.1. The van der Waals surface area contributed by atoms with Gasteiger partial charge in [-0.25, -0.2) is 4.79 Å². The number of para-hydroxylation sites is 1. The van der Waals surface area contributed by atoms with Gasteiger partial charge in [0, 0.05) is 6.92 Å². The second-order valence-corrected chi connectivity index (χ2v) is 5.04. The average molecular weight is 378 g/mol. The molecule has 2 aromatic carbocycles. The molecule has 27 heavy (non-hydrogen) atoms. The number of hydrogen-bond donors (Lipinski definition) is 0. The van der Waals surface area contributed by atoms with Crippen LogP contribution in [0.3, 0.4) is 0 Å². The molecule has 0 bridgehead atoms. The van der Waals surface area contributed by atoms with E-state index in [-0.39, 0.29) is 52.4 Å². The van der Waals surface area contributed by atoms with Crippen molar-refractivity contribution in [3.05, 3.63) is 59.7 Å². The molecule has 0 aliphatic carbocycles. The number of methoxy groups -OCH3 is 1. The van der Waals surface area contributed by atoms with Crippen molar-refractivity contribution in [1.29, 1.82) is 0 Å². The molecule has 0 N–H and O–H groups in total. The first-order chi connectivity index (χ1) is 12.4. The van der Waals surface area contributed by atoms with Crippen molar-refractivity contribution in [1.82, 2.24) is 0 Å². The second kappa shape index (κ2) is 10.5. The van der Waals surface area contributed by atoms with Crippen LogP contribution >= 0.6 is 0 Å². The maximum atomic E-state index is 12.4. The molecule has 8 heteroatoms. The fraction of sp³-hybridized carbons (Fsp3) is 0.105. The van der Waals surface area contributed by atoms with Crippen LogP contribution in [0.15, 0.2) is 48.5 Å². The van der Waals surface area contributed by atoms with Crippen molar-refractivity contribution in [2.75, 3.05) is 7.11 Å². The first-order valence-corrected chi connectivity index (χ1v) is 7.47. The molecule has 0 aromatic heterocycles. The van der Waals surface area contributed by atoms with Crippen molar-refractivity contribution in [3.63, 3.8) is 0 Å². The minimum atomic E-state index is -1.33. The molecule has 0 spiro atoms. The molecule has 0 saturated carbocycles. The number of carbonyl (C=O) groups excluding carboxylic acids is 3. The van der Waals surface area contributed by atoms with Gasteiger partial charge < -0.3 is 24.1 Å². The molecule has 2 aromatic rings. The molecule has 0 atom stereocenters. The first kappa shape index (κ1) is 22.4. The third-order valence-corrected chi connectivity index (χ3v) is 3.16. The van der Waals surface area contributed by atoms with Gasteiger partial charge in [-0.15, -0.1) is 0 Å². The molecule has 2 rings (SSSR count). The minimum Gasteiger partial charge on any atom is -0.545 e. The van der Waals surface area contributed by atoms with Crippen LogP contribution < -0.4 is 48.9 Å². The summed E-state index contributed by atoms with van der Waals surface area (Å²) in [5.74, 6) is -2.20. The van der Waals surface area contributed by atoms with Crippen molar-refractivity contribution in [2.45, 2.75) is 6.92 Å². The molecule has 0 saturated heterocycles. The molecular formula is C19H15NaO7. The van der Waals surface area contributed by atoms with E-state index in [2.05, 4.69) is 0 Å². The van der Waals surface area contributed by atoms with Crippen molar-refractivity contribution < 1.29 is 63.3 Å². The Balaban J connectivity index is 0.00000364. The number of aliphatic carboxylic acids is 1. The van der Waals surface area contributed by atoms with Crippen LogP contribution in [0.25, 0.3) is 6.08 Å². The molecular weight excluding hydrogens is 363 g/mol. The van der Waals surface area contributed by atoms with Crippen LogP contribution in [-0.4, -0.2) is 25.0 Å². The van der Waals surface area contributed by atoms with Gasteiger partial charge in [0.1, 0.15) is 11.3 Å². The van der Waals surface area contributed by atoms with Gasteiger partial charge in [-0.05, 0) is 35.9 Å². The topological polar surface area (TPSA) is 102 Å². The summed E-state index contributed by atoms with van der Waals surface area (Å²) in [6.07, 6.45) is 2.19. The summed E-state index contributed by atoms with van der Waals surface area (Å²) in [4.78, 5) is 34.0.